The van der Waals surface area contributed by atoms with Gasteiger partial charge in [-0.3, -0.25) is 9.97 Å². The summed E-state index contributed by atoms with van der Waals surface area (Å²) in [5, 5.41) is 9.12. The number of benzene rings is 1. The largest absolute Gasteiger partial charge is 0.496 e. The van der Waals surface area contributed by atoms with Crippen molar-refractivity contribution in [3.05, 3.63) is 59.9 Å². The number of aromatic nitrogens is 6. The molecule has 6 rings (SSSR count). The van der Waals surface area contributed by atoms with Crippen LogP contribution in [0.5, 0.6) is 5.75 Å². The Morgan fingerprint density at radius 3 is 2.53 bits per heavy atom. The molecule has 220 valence electrons. The maximum absolute atomic E-state index is 15.7. The van der Waals surface area contributed by atoms with Crippen LogP contribution in [0.4, 0.5) is 4.39 Å². The highest BCUT2D eigenvalue weighted by Gasteiger charge is 2.34. The van der Waals surface area contributed by atoms with Gasteiger partial charge in [-0.25, -0.2) is 17.5 Å². The summed E-state index contributed by atoms with van der Waals surface area (Å²) in [6, 6.07) is 7.56. The van der Waals surface area contributed by atoms with Crippen LogP contribution in [-0.4, -0.2) is 88.1 Å². The average molecular weight is 600 g/mol. The summed E-state index contributed by atoms with van der Waals surface area (Å²) in [6.45, 7) is 1.06. The van der Waals surface area contributed by atoms with E-state index in [0.717, 1.165) is 23.2 Å². The molecule has 4 aromatic heterocycles. The van der Waals surface area contributed by atoms with Crippen molar-refractivity contribution in [1.29, 1.82) is 0 Å². The van der Waals surface area contributed by atoms with Crippen LogP contribution in [0.25, 0.3) is 33.2 Å². The third kappa shape index (κ3) is 5.12. The molecule has 1 unspecified atom stereocenters. The van der Waals surface area contributed by atoms with E-state index in [1.54, 1.807) is 29.2 Å². The lowest BCUT2D eigenvalue weighted by molar-refractivity contribution is 0.0543. The molecule has 10 nitrogen and oxygen atoms in total. The molecule has 5 heterocycles. The number of hydrogen-bond donors (Lipinski definition) is 0. The molecule has 1 aromatic carbocycles. The topological polar surface area (TPSA) is 114 Å². The first kappa shape index (κ1) is 29.4. The lowest BCUT2D eigenvalue weighted by Gasteiger charge is -2.32. The molecule has 43 heavy (non-hydrogen) atoms. The predicted molar refractivity (Wildman–Crippen MR) is 170 cm³/mol. The van der Waals surface area contributed by atoms with Gasteiger partial charge in [0.15, 0.2) is 9.84 Å². The number of hydrogen-bond acceptors (Lipinski definition) is 8. The summed E-state index contributed by atoms with van der Waals surface area (Å²) in [4.78, 5) is 9.57. The summed E-state index contributed by atoms with van der Waals surface area (Å²) < 4.78 is 56.6. The molecule has 1 aliphatic rings. The molecular formula is C28H32B3FN6O4S. The molecule has 0 spiro atoms. The van der Waals surface area contributed by atoms with Crippen molar-refractivity contribution in [2.75, 3.05) is 26.6 Å². The first-order valence-corrected chi connectivity index (χ1v) is 16.1. The summed E-state index contributed by atoms with van der Waals surface area (Å²) >= 11 is 0. The quantitative estimate of drug-likeness (QED) is 0.254. The van der Waals surface area contributed by atoms with Crippen LogP contribution in [0.2, 0.25) is 0 Å². The number of fused-ring (bicyclic) bond motifs is 3. The van der Waals surface area contributed by atoms with Gasteiger partial charge in [-0.05, 0) is 49.1 Å². The van der Waals surface area contributed by atoms with Crippen molar-refractivity contribution in [2.24, 2.45) is 13.0 Å². The van der Waals surface area contributed by atoms with Gasteiger partial charge in [0.25, 0.3) is 0 Å². The Bertz CT molecular complexity index is 1970. The smallest absolute Gasteiger partial charge is 0.175 e. The van der Waals surface area contributed by atoms with Crippen LogP contribution in [0, 0.1) is 11.7 Å². The van der Waals surface area contributed by atoms with E-state index in [0.29, 0.717) is 53.7 Å². The van der Waals surface area contributed by atoms with E-state index in [2.05, 4.69) is 38.8 Å². The second-order valence-electron chi connectivity index (χ2n) is 12.2. The number of pyridine rings is 2. The zero-order valence-electron chi connectivity index (χ0n) is 25.1. The lowest BCUT2D eigenvalue weighted by Crippen LogP contribution is -2.28. The number of ether oxygens (including phenoxy) is 2. The molecule has 0 aliphatic carbocycles. The van der Waals surface area contributed by atoms with Crippen LogP contribution >= 0.6 is 0 Å². The minimum Gasteiger partial charge on any atom is -0.496 e. The Hall–Kier alpha value is -3.71. The van der Waals surface area contributed by atoms with Crippen LogP contribution in [-0.2, 0) is 26.7 Å². The standard InChI is InChI=1S/C28H32B3FN6O4S/c1-37-26(27(35-36-37)28(29,30)31)16-11-20-24(34-14-16)22-19(12-17(43(3,39)40)13-21(22)41-2)38(20)25(15-6-9-42-10-7-15)23-18(32)5-4-8-33-23/h4-5,8,11-15,25H,6-7,9-10,29-31H2,1-3H3. The van der Waals surface area contributed by atoms with Crippen molar-refractivity contribution < 1.29 is 22.3 Å². The van der Waals surface area contributed by atoms with E-state index in [9.17, 15) is 8.42 Å². The molecular weight excluding hydrogens is 568 g/mol. The van der Waals surface area contributed by atoms with Crippen molar-refractivity contribution in [3.63, 3.8) is 0 Å². The summed E-state index contributed by atoms with van der Waals surface area (Å²) in [5.74, 6) is -0.112. The Kier molecular flexibility index (Phi) is 7.36. The Morgan fingerprint density at radius 1 is 1.14 bits per heavy atom. The molecule has 1 saturated heterocycles. The van der Waals surface area contributed by atoms with Crippen molar-refractivity contribution in [2.45, 2.75) is 28.9 Å². The second kappa shape index (κ2) is 10.8. The maximum atomic E-state index is 15.7. The highest BCUT2D eigenvalue weighted by atomic mass is 32.2. The van der Waals surface area contributed by atoms with Gasteiger partial charge < -0.3 is 14.0 Å². The van der Waals surface area contributed by atoms with Crippen LogP contribution in [0.1, 0.15) is 30.3 Å². The molecule has 0 N–H and O–H groups in total. The number of sulfone groups is 1. The molecule has 0 bridgehead atoms. The third-order valence-corrected chi connectivity index (χ3v) is 9.29. The van der Waals surface area contributed by atoms with E-state index in [1.165, 1.54) is 19.2 Å². The van der Waals surface area contributed by atoms with Crippen LogP contribution in [0.3, 0.4) is 0 Å². The zero-order chi connectivity index (χ0) is 30.7. The number of rotatable bonds is 7. The number of nitrogens with zero attached hydrogens (tertiary/aromatic N) is 6. The molecule has 1 fully saturated rings. The third-order valence-electron chi connectivity index (χ3n) is 8.19. The van der Waals surface area contributed by atoms with Crippen LogP contribution < -0.4 is 4.74 Å². The maximum Gasteiger partial charge on any atom is 0.175 e. The van der Waals surface area contributed by atoms with Gasteiger partial charge in [0.1, 0.15) is 11.6 Å². The highest BCUT2D eigenvalue weighted by molar-refractivity contribution is 7.90. The van der Waals surface area contributed by atoms with E-state index < -0.39 is 21.7 Å². The molecule has 1 aliphatic heterocycles. The fourth-order valence-corrected chi connectivity index (χ4v) is 6.80. The van der Waals surface area contributed by atoms with Gasteiger partial charge in [-0.2, -0.15) is 0 Å². The van der Waals surface area contributed by atoms with E-state index >= 15 is 4.39 Å². The van der Waals surface area contributed by atoms with Gasteiger partial charge in [-0.15, -0.1) is 5.10 Å². The Balaban J connectivity index is 1.77. The predicted octanol–water partition coefficient (Wildman–Crippen LogP) is 0.957. The molecule has 0 amide bonds. The number of methoxy groups -OCH3 is 1. The first-order valence-electron chi connectivity index (χ1n) is 14.2. The van der Waals surface area contributed by atoms with Gasteiger partial charge in [0.05, 0.1) is 80.6 Å². The van der Waals surface area contributed by atoms with Gasteiger partial charge in [-0.1, -0.05) is 10.3 Å². The minimum absolute atomic E-state index is 0.0444. The van der Waals surface area contributed by atoms with Gasteiger partial charge >= 0.3 is 0 Å². The number of aryl methyl sites for hydroxylation is 1. The zero-order valence-corrected chi connectivity index (χ0v) is 25.9. The molecule has 0 saturated carbocycles. The normalized spacial score (nSPS) is 15.7. The van der Waals surface area contributed by atoms with Crippen molar-refractivity contribution in [1.82, 2.24) is 29.5 Å². The molecule has 1 atom stereocenters. The second-order valence-corrected chi connectivity index (χ2v) is 14.2. The number of halogens is 1. The average Bonchev–Trinajstić information content (AvgIpc) is 3.52. The molecule has 15 heteroatoms. The minimum atomic E-state index is -3.62. The fourth-order valence-electron chi connectivity index (χ4n) is 6.16. The molecule has 5 aromatic rings. The Morgan fingerprint density at radius 2 is 1.88 bits per heavy atom. The summed E-state index contributed by atoms with van der Waals surface area (Å²) in [6.07, 6.45) is 5.88. The van der Waals surface area contributed by atoms with Crippen molar-refractivity contribution in [3.8, 4) is 17.0 Å². The van der Waals surface area contributed by atoms with Gasteiger partial charge in [0.2, 0.25) is 0 Å². The van der Waals surface area contributed by atoms with Gasteiger partial charge in [0, 0.05) is 44.5 Å². The lowest BCUT2D eigenvalue weighted by atomic mass is 9.41. The first-order chi connectivity index (χ1) is 20.4. The highest BCUT2D eigenvalue weighted by Crippen LogP contribution is 2.44. The summed E-state index contributed by atoms with van der Waals surface area (Å²) in [7, 11) is 5.95. The summed E-state index contributed by atoms with van der Waals surface area (Å²) in [5.41, 5.74) is 4.56. The fraction of sp³-hybridized carbons (Fsp3) is 0.357. The molecule has 0 radical (unpaired) electrons. The SMILES string of the molecule is BC(B)(B)c1nnn(C)c1-c1cnc2c3c(OC)cc(S(C)(=O)=O)cc3n(C(c3ncccc3F)C3CCOCC3)c2c1. The van der Waals surface area contributed by atoms with Crippen LogP contribution in [0.15, 0.2) is 47.6 Å². The van der Waals surface area contributed by atoms with E-state index in [-0.39, 0.29) is 21.6 Å². The van der Waals surface area contributed by atoms with E-state index in [1.807, 2.05) is 17.7 Å². The Labute approximate surface area is 252 Å². The van der Waals surface area contributed by atoms with E-state index in [4.69, 9.17) is 14.5 Å². The van der Waals surface area contributed by atoms with Crippen molar-refractivity contribution >= 4 is 55.3 Å². The monoisotopic (exact) mass is 600 g/mol.